The van der Waals surface area contributed by atoms with E-state index in [0.717, 1.165) is 6.08 Å². The zero-order chi connectivity index (χ0) is 12.8. The Labute approximate surface area is 99.7 Å². The molecule has 0 saturated carbocycles. The number of hydrogen-bond acceptors (Lipinski definition) is 5. The summed E-state index contributed by atoms with van der Waals surface area (Å²) in [6.45, 7) is 3.29. The number of carbonyl (C=O) groups excluding carboxylic acids is 2. The number of anilines is 1. The molecule has 0 radical (unpaired) electrons. The van der Waals surface area contributed by atoms with Crippen molar-refractivity contribution in [2.45, 2.75) is 6.42 Å². The van der Waals surface area contributed by atoms with Crippen LogP contribution in [-0.2, 0) is 9.53 Å². The molecule has 92 valence electrons. The van der Waals surface area contributed by atoms with Gasteiger partial charge in [0, 0.05) is 32.7 Å². The summed E-state index contributed by atoms with van der Waals surface area (Å²) in [6, 6.07) is 1.71. The van der Waals surface area contributed by atoms with Crippen LogP contribution in [0.1, 0.15) is 17.0 Å². The van der Waals surface area contributed by atoms with Gasteiger partial charge in [-0.2, -0.15) is 0 Å². The number of furan rings is 1. The number of hydrogen-bond donors (Lipinski definition) is 0. The van der Waals surface area contributed by atoms with Crippen LogP contribution in [0.5, 0.6) is 0 Å². The monoisotopic (exact) mass is 237 g/mol. The van der Waals surface area contributed by atoms with Crippen molar-refractivity contribution in [2.24, 2.45) is 0 Å². The Morgan fingerprint density at radius 3 is 2.82 bits per heavy atom. The zero-order valence-electron chi connectivity index (χ0n) is 9.93. The normalized spacial score (nSPS) is 9.76. The largest absolute Gasteiger partial charge is 0.462 e. The first kappa shape index (κ1) is 13.0. The summed E-state index contributed by atoms with van der Waals surface area (Å²) in [6.07, 6.45) is 2.61. The molecule has 0 aliphatic heterocycles. The first-order valence-corrected chi connectivity index (χ1v) is 5.13. The van der Waals surface area contributed by atoms with E-state index in [1.807, 2.05) is 14.1 Å². The Bertz CT molecular complexity index is 420. The maximum Gasteiger partial charge on any atom is 0.330 e. The van der Waals surface area contributed by atoms with E-state index in [2.05, 4.69) is 6.58 Å². The van der Waals surface area contributed by atoms with Crippen LogP contribution in [0.4, 0.5) is 5.69 Å². The number of carbonyl (C=O) groups is 2. The van der Waals surface area contributed by atoms with E-state index in [4.69, 9.17) is 9.15 Å². The number of ether oxygens (including phenoxy) is 1. The highest BCUT2D eigenvalue weighted by Crippen LogP contribution is 2.21. The molecule has 0 atom stereocenters. The van der Waals surface area contributed by atoms with Gasteiger partial charge in [-0.05, 0) is 0 Å². The third kappa shape index (κ3) is 3.48. The second kappa shape index (κ2) is 5.89. The van der Waals surface area contributed by atoms with Gasteiger partial charge in [-0.15, -0.1) is 0 Å². The van der Waals surface area contributed by atoms with Gasteiger partial charge < -0.3 is 14.1 Å². The molecule has 5 heteroatoms. The lowest BCUT2D eigenvalue weighted by Crippen LogP contribution is -2.13. The Balaban J connectivity index is 2.55. The summed E-state index contributed by atoms with van der Waals surface area (Å²) >= 11 is 0. The molecule has 0 unspecified atom stereocenters. The molecule has 0 bridgehead atoms. The lowest BCUT2D eigenvalue weighted by atomic mass is 10.2. The van der Waals surface area contributed by atoms with E-state index >= 15 is 0 Å². The SMILES string of the molecule is C=CC(=O)OCCC(=O)c1occc1N(C)C. The molecule has 0 aliphatic carbocycles. The second-order valence-corrected chi connectivity index (χ2v) is 3.57. The van der Waals surface area contributed by atoms with E-state index in [-0.39, 0.29) is 24.6 Å². The van der Waals surface area contributed by atoms with Crippen molar-refractivity contribution in [3.63, 3.8) is 0 Å². The molecule has 0 aliphatic rings. The molecule has 0 amide bonds. The van der Waals surface area contributed by atoms with E-state index in [1.54, 1.807) is 11.0 Å². The quantitative estimate of drug-likeness (QED) is 0.427. The number of ketones is 1. The fourth-order valence-electron chi connectivity index (χ4n) is 1.28. The number of rotatable bonds is 6. The molecule has 0 N–H and O–H groups in total. The third-order valence-corrected chi connectivity index (χ3v) is 2.12. The summed E-state index contributed by atoms with van der Waals surface area (Å²) in [5.74, 6) is -0.453. The van der Waals surface area contributed by atoms with Crippen LogP contribution in [-0.4, -0.2) is 32.5 Å². The van der Waals surface area contributed by atoms with Crippen molar-refractivity contribution in [2.75, 3.05) is 25.6 Å². The highest BCUT2D eigenvalue weighted by Gasteiger charge is 2.16. The van der Waals surface area contributed by atoms with Crippen molar-refractivity contribution in [1.29, 1.82) is 0 Å². The minimum absolute atomic E-state index is 0.0251. The van der Waals surface area contributed by atoms with Gasteiger partial charge in [-0.1, -0.05) is 6.58 Å². The molecule has 5 nitrogen and oxygen atoms in total. The van der Waals surface area contributed by atoms with Gasteiger partial charge in [0.1, 0.15) is 0 Å². The maximum atomic E-state index is 11.8. The Kier molecular flexibility index (Phi) is 4.51. The van der Waals surface area contributed by atoms with Crippen LogP contribution in [0.3, 0.4) is 0 Å². The Morgan fingerprint density at radius 2 is 2.24 bits per heavy atom. The van der Waals surface area contributed by atoms with Crippen molar-refractivity contribution in [3.8, 4) is 0 Å². The van der Waals surface area contributed by atoms with E-state index in [9.17, 15) is 9.59 Å². The molecular formula is C12H15NO4. The smallest absolute Gasteiger partial charge is 0.330 e. The predicted octanol–water partition coefficient (Wildman–Crippen LogP) is 1.65. The van der Waals surface area contributed by atoms with Crippen LogP contribution in [0, 0.1) is 0 Å². The second-order valence-electron chi connectivity index (χ2n) is 3.57. The third-order valence-electron chi connectivity index (χ3n) is 2.12. The van der Waals surface area contributed by atoms with E-state index < -0.39 is 5.97 Å². The first-order chi connectivity index (χ1) is 8.06. The van der Waals surface area contributed by atoms with Crippen molar-refractivity contribution >= 4 is 17.4 Å². The summed E-state index contributed by atoms with van der Waals surface area (Å²) in [7, 11) is 3.64. The molecule has 1 rings (SSSR count). The topological polar surface area (TPSA) is 59.8 Å². The molecule has 17 heavy (non-hydrogen) atoms. The minimum atomic E-state index is -0.537. The van der Waals surface area contributed by atoms with E-state index in [1.165, 1.54) is 6.26 Å². The van der Waals surface area contributed by atoms with Gasteiger partial charge in [-0.25, -0.2) is 4.79 Å². The minimum Gasteiger partial charge on any atom is -0.462 e. The van der Waals surface area contributed by atoms with Gasteiger partial charge in [0.15, 0.2) is 5.76 Å². The summed E-state index contributed by atoms with van der Waals surface area (Å²) < 4.78 is 9.85. The lowest BCUT2D eigenvalue weighted by Gasteiger charge is -2.10. The summed E-state index contributed by atoms with van der Waals surface area (Å²) in [5.41, 5.74) is 0.713. The van der Waals surface area contributed by atoms with Gasteiger partial charge >= 0.3 is 5.97 Å². The Morgan fingerprint density at radius 1 is 1.53 bits per heavy atom. The molecule has 0 fully saturated rings. The first-order valence-electron chi connectivity index (χ1n) is 5.13. The molecule has 0 aromatic carbocycles. The van der Waals surface area contributed by atoms with Gasteiger partial charge in [0.2, 0.25) is 5.78 Å². The summed E-state index contributed by atoms with van der Waals surface area (Å²) in [4.78, 5) is 24.3. The van der Waals surface area contributed by atoms with Gasteiger partial charge in [0.25, 0.3) is 0 Å². The molecule has 1 aromatic rings. The molecule has 0 saturated heterocycles. The van der Waals surface area contributed by atoms with Crippen LogP contribution in [0.15, 0.2) is 29.4 Å². The van der Waals surface area contributed by atoms with Crippen molar-refractivity contribution < 1.29 is 18.7 Å². The highest BCUT2D eigenvalue weighted by molar-refractivity contribution is 5.98. The molecule has 1 aromatic heterocycles. The predicted molar refractivity (Wildman–Crippen MR) is 63.1 cm³/mol. The van der Waals surface area contributed by atoms with Crippen LogP contribution >= 0.6 is 0 Å². The van der Waals surface area contributed by atoms with E-state index in [0.29, 0.717) is 5.69 Å². The molecule has 1 heterocycles. The number of nitrogens with zero attached hydrogens (tertiary/aromatic N) is 1. The molecule has 0 spiro atoms. The maximum absolute atomic E-state index is 11.8. The molecular weight excluding hydrogens is 222 g/mol. The zero-order valence-corrected chi connectivity index (χ0v) is 9.93. The lowest BCUT2D eigenvalue weighted by molar-refractivity contribution is -0.137. The van der Waals surface area contributed by atoms with Gasteiger partial charge in [-0.3, -0.25) is 4.79 Å². The van der Waals surface area contributed by atoms with Crippen molar-refractivity contribution in [3.05, 3.63) is 30.7 Å². The van der Waals surface area contributed by atoms with Gasteiger partial charge in [0.05, 0.1) is 18.6 Å². The van der Waals surface area contributed by atoms with Crippen LogP contribution in [0.25, 0.3) is 0 Å². The van der Waals surface area contributed by atoms with Crippen LogP contribution in [0.2, 0.25) is 0 Å². The standard InChI is InChI=1S/C12H15NO4/c1-4-11(15)16-8-6-10(14)12-9(13(2)3)5-7-17-12/h4-5,7H,1,6,8H2,2-3H3. The fraction of sp³-hybridized carbons (Fsp3) is 0.333. The fourth-order valence-corrected chi connectivity index (χ4v) is 1.28. The van der Waals surface area contributed by atoms with Crippen molar-refractivity contribution in [1.82, 2.24) is 0 Å². The highest BCUT2D eigenvalue weighted by atomic mass is 16.5. The Hall–Kier alpha value is -2.04. The average Bonchev–Trinajstić information content (AvgIpc) is 2.77. The average molecular weight is 237 g/mol. The number of Topliss-reactive ketones (excluding diaryl/α,β-unsaturated/α-hetero) is 1. The van der Waals surface area contributed by atoms with Crippen LogP contribution < -0.4 is 4.90 Å². The number of esters is 1. The summed E-state index contributed by atoms with van der Waals surface area (Å²) in [5, 5.41) is 0.